The van der Waals surface area contributed by atoms with E-state index in [4.69, 9.17) is 4.74 Å². The number of ether oxygens (including phenoxy) is 1. The molecule has 1 unspecified atom stereocenters. The van der Waals surface area contributed by atoms with Gasteiger partial charge in [-0.05, 0) is 61.1 Å². The lowest BCUT2D eigenvalue weighted by molar-refractivity contribution is 0.245. The highest BCUT2D eigenvalue weighted by Gasteiger charge is 2.24. The number of methoxy groups -OCH3 is 1. The molecule has 0 aliphatic carbocycles. The first-order valence-electron chi connectivity index (χ1n) is 10.7. The number of nitrogens with zero attached hydrogens (tertiary/aromatic N) is 2. The number of aliphatic imine (C=N–C) groups is 1. The molecule has 2 aromatic carbocycles. The number of aromatic nitrogens is 1. The van der Waals surface area contributed by atoms with E-state index in [9.17, 15) is 0 Å². The Balaban J connectivity index is 1.40. The van der Waals surface area contributed by atoms with Gasteiger partial charge >= 0.3 is 0 Å². The zero-order chi connectivity index (χ0) is 20.8. The number of H-pyrrole nitrogens is 1. The molecule has 0 spiro atoms. The normalized spacial score (nSPS) is 16.0. The molecule has 3 aromatic rings. The van der Waals surface area contributed by atoms with Gasteiger partial charge in [0.25, 0.3) is 0 Å². The topological polar surface area (TPSA) is 64.7 Å². The summed E-state index contributed by atoms with van der Waals surface area (Å²) in [7, 11) is 3.54. The fourth-order valence-corrected chi connectivity index (χ4v) is 4.18. The third-order valence-corrected chi connectivity index (χ3v) is 5.78. The van der Waals surface area contributed by atoms with E-state index in [0.717, 1.165) is 42.6 Å². The molecule has 3 N–H and O–H groups in total. The van der Waals surface area contributed by atoms with Gasteiger partial charge in [-0.1, -0.05) is 30.3 Å². The van der Waals surface area contributed by atoms with Crippen LogP contribution < -0.4 is 15.4 Å². The van der Waals surface area contributed by atoms with Gasteiger partial charge in [-0.3, -0.25) is 9.89 Å². The summed E-state index contributed by atoms with van der Waals surface area (Å²) in [6.45, 7) is 3.75. The summed E-state index contributed by atoms with van der Waals surface area (Å²) in [4.78, 5) is 10.4. The first-order chi connectivity index (χ1) is 14.8. The van der Waals surface area contributed by atoms with Crippen molar-refractivity contribution in [3.63, 3.8) is 0 Å². The Labute approximate surface area is 178 Å². The molecular weight excluding hydrogens is 374 g/mol. The number of rotatable bonds is 7. The Hall–Kier alpha value is -2.99. The molecular formula is C24H31N5O. The van der Waals surface area contributed by atoms with Crippen LogP contribution in [-0.4, -0.2) is 49.6 Å². The number of guanidine groups is 1. The van der Waals surface area contributed by atoms with Crippen molar-refractivity contribution < 1.29 is 4.74 Å². The average Bonchev–Trinajstić information content (AvgIpc) is 3.46. The molecule has 2 heterocycles. The minimum atomic E-state index is 0.286. The number of para-hydroxylation sites is 1. The van der Waals surface area contributed by atoms with E-state index in [1.807, 2.05) is 19.2 Å². The number of hydrogen-bond acceptors (Lipinski definition) is 3. The van der Waals surface area contributed by atoms with Gasteiger partial charge in [0.2, 0.25) is 0 Å². The molecule has 0 amide bonds. The van der Waals surface area contributed by atoms with E-state index >= 15 is 0 Å². The van der Waals surface area contributed by atoms with Crippen molar-refractivity contribution in [2.75, 3.05) is 33.8 Å². The second-order valence-corrected chi connectivity index (χ2v) is 7.72. The van der Waals surface area contributed by atoms with E-state index in [-0.39, 0.29) is 6.04 Å². The van der Waals surface area contributed by atoms with Crippen LogP contribution in [0.5, 0.6) is 5.75 Å². The van der Waals surface area contributed by atoms with Crippen LogP contribution >= 0.6 is 0 Å². The summed E-state index contributed by atoms with van der Waals surface area (Å²) in [6.07, 6.45) is 2.52. The quantitative estimate of drug-likeness (QED) is 0.414. The van der Waals surface area contributed by atoms with Gasteiger partial charge in [0, 0.05) is 24.8 Å². The zero-order valence-corrected chi connectivity index (χ0v) is 17.8. The Morgan fingerprint density at radius 3 is 2.70 bits per heavy atom. The van der Waals surface area contributed by atoms with Crippen LogP contribution in [0.4, 0.5) is 0 Å². The summed E-state index contributed by atoms with van der Waals surface area (Å²) in [5.74, 6) is 1.71. The van der Waals surface area contributed by atoms with Gasteiger partial charge in [-0.2, -0.15) is 0 Å². The van der Waals surface area contributed by atoms with Crippen molar-refractivity contribution in [1.29, 1.82) is 0 Å². The fourth-order valence-electron chi connectivity index (χ4n) is 4.18. The lowest BCUT2D eigenvalue weighted by Gasteiger charge is -2.29. The first-order valence-corrected chi connectivity index (χ1v) is 10.7. The van der Waals surface area contributed by atoms with E-state index < -0.39 is 0 Å². The van der Waals surface area contributed by atoms with Gasteiger partial charge in [0.1, 0.15) is 5.75 Å². The Morgan fingerprint density at radius 2 is 1.93 bits per heavy atom. The largest absolute Gasteiger partial charge is 0.497 e. The van der Waals surface area contributed by atoms with E-state index in [0.29, 0.717) is 6.54 Å². The molecule has 0 radical (unpaired) electrons. The van der Waals surface area contributed by atoms with Crippen LogP contribution in [0.3, 0.4) is 0 Å². The van der Waals surface area contributed by atoms with Crippen LogP contribution in [0.25, 0.3) is 10.9 Å². The second-order valence-electron chi connectivity index (χ2n) is 7.72. The minimum absolute atomic E-state index is 0.286. The second kappa shape index (κ2) is 9.67. The SMILES string of the molecule is CN=C(NCc1cc2ccccc2[nH]1)NCC(c1cccc(OC)c1)N1CCCC1. The molecule has 1 aromatic heterocycles. The van der Waals surface area contributed by atoms with Crippen LogP contribution in [0.1, 0.15) is 30.1 Å². The number of aromatic amines is 1. The van der Waals surface area contributed by atoms with Crippen molar-refractivity contribution in [2.45, 2.75) is 25.4 Å². The third-order valence-electron chi connectivity index (χ3n) is 5.78. The maximum absolute atomic E-state index is 5.45. The van der Waals surface area contributed by atoms with Crippen molar-refractivity contribution in [1.82, 2.24) is 20.5 Å². The third kappa shape index (κ3) is 4.76. The average molecular weight is 406 g/mol. The smallest absolute Gasteiger partial charge is 0.191 e. The van der Waals surface area contributed by atoms with E-state index in [2.05, 4.69) is 68.0 Å². The van der Waals surface area contributed by atoms with Crippen LogP contribution in [0.2, 0.25) is 0 Å². The van der Waals surface area contributed by atoms with Crippen LogP contribution in [0, 0.1) is 0 Å². The summed E-state index contributed by atoms with van der Waals surface area (Å²) < 4.78 is 5.45. The van der Waals surface area contributed by atoms with Crippen molar-refractivity contribution in [3.8, 4) is 5.75 Å². The number of hydrogen-bond donors (Lipinski definition) is 3. The molecule has 1 aliphatic heterocycles. The molecule has 6 nitrogen and oxygen atoms in total. The molecule has 6 heteroatoms. The monoisotopic (exact) mass is 405 g/mol. The van der Waals surface area contributed by atoms with E-state index in [1.54, 1.807) is 7.11 Å². The number of fused-ring (bicyclic) bond motifs is 1. The molecule has 1 saturated heterocycles. The lowest BCUT2D eigenvalue weighted by atomic mass is 10.1. The molecule has 1 fully saturated rings. The molecule has 0 bridgehead atoms. The van der Waals surface area contributed by atoms with Crippen molar-refractivity contribution in [2.24, 2.45) is 4.99 Å². The molecule has 0 saturated carbocycles. The number of nitrogens with one attached hydrogen (secondary N) is 3. The maximum Gasteiger partial charge on any atom is 0.191 e. The molecule has 158 valence electrons. The highest BCUT2D eigenvalue weighted by atomic mass is 16.5. The van der Waals surface area contributed by atoms with Gasteiger partial charge in [0.05, 0.1) is 19.7 Å². The zero-order valence-electron chi connectivity index (χ0n) is 17.8. The van der Waals surface area contributed by atoms with Gasteiger partial charge in [-0.25, -0.2) is 0 Å². The van der Waals surface area contributed by atoms with Crippen LogP contribution in [0.15, 0.2) is 59.6 Å². The van der Waals surface area contributed by atoms with Crippen molar-refractivity contribution >= 4 is 16.9 Å². The summed E-state index contributed by atoms with van der Waals surface area (Å²) >= 11 is 0. The van der Waals surface area contributed by atoms with Gasteiger partial charge in [0.15, 0.2) is 5.96 Å². The Morgan fingerprint density at radius 1 is 1.10 bits per heavy atom. The lowest BCUT2D eigenvalue weighted by Crippen LogP contribution is -2.42. The predicted octanol–water partition coefficient (Wildman–Crippen LogP) is 3.68. The maximum atomic E-state index is 5.45. The number of likely N-dealkylation sites (tertiary alicyclic amines) is 1. The van der Waals surface area contributed by atoms with Crippen molar-refractivity contribution in [3.05, 3.63) is 65.9 Å². The Kier molecular flexibility index (Phi) is 6.54. The first kappa shape index (κ1) is 20.3. The Bertz CT molecular complexity index is 957. The van der Waals surface area contributed by atoms with Crippen LogP contribution in [-0.2, 0) is 6.54 Å². The standard InChI is InChI=1S/C24H31N5O/c1-25-24(26-16-20-14-18-8-3-4-11-22(18)28-20)27-17-23(29-12-5-6-13-29)19-9-7-10-21(15-19)30-2/h3-4,7-11,14-15,23,28H,5-6,12-13,16-17H2,1-2H3,(H2,25,26,27). The summed E-state index contributed by atoms with van der Waals surface area (Å²) in [5.41, 5.74) is 3.57. The number of benzene rings is 2. The summed E-state index contributed by atoms with van der Waals surface area (Å²) in [6, 6.07) is 19.2. The highest BCUT2D eigenvalue weighted by molar-refractivity contribution is 5.81. The summed E-state index contributed by atoms with van der Waals surface area (Å²) in [5, 5.41) is 8.19. The molecule has 30 heavy (non-hydrogen) atoms. The minimum Gasteiger partial charge on any atom is -0.497 e. The molecule has 1 aliphatic rings. The molecule has 4 rings (SSSR count). The van der Waals surface area contributed by atoms with E-state index in [1.165, 1.54) is 23.8 Å². The molecule has 1 atom stereocenters. The fraction of sp³-hybridized carbons (Fsp3) is 0.375. The highest BCUT2D eigenvalue weighted by Crippen LogP contribution is 2.27. The van der Waals surface area contributed by atoms with Gasteiger partial charge in [-0.15, -0.1) is 0 Å². The predicted molar refractivity (Wildman–Crippen MR) is 123 cm³/mol. The van der Waals surface area contributed by atoms with Gasteiger partial charge < -0.3 is 20.4 Å².